The minimum absolute atomic E-state index is 0.116. The van der Waals surface area contributed by atoms with Crippen LogP contribution in [-0.2, 0) is 4.74 Å². The van der Waals surface area contributed by atoms with Crippen molar-refractivity contribution in [2.75, 3.05) is 6.61 Å². The first-order valence-electron chi connectivity index (χ1n) is 5.08. The van der Waals surface area contributed by atoms with E-state index in [9.17, 15) is 4.79 Å². The van der Waals surface area contributed by atoms with Crippen LogP contribution in [0, 0.1) is 0 Å². The molecule has 1 aromatic carbocycles. The van der Waals surface area contributed by atoms with E-state index in [4.69, 9.17) is 32.5 Å². The molecule has 2 aromatic rings. The summed E-state index contributed by atoms with van der Waals surface area (Å²) in [5.41, 5.74) is 0.465. The van der Waals surface area contributed by atoms with Crippen LogP contribution in [0.1, 0.15) is 17.5 Å². The number of ether oxygens (including phenoxy) is 1. The number of nitrogens with zero attached hydrogens (tertiary/aromatic N) is 2. The highest BCUT2D eigenvalue weighted by atomic mass is 35.5. The van der Waals surface area contributed by atoms with Crippen LogP contribution in [0.2, 0.25) is 10.0 Å². The third-order valence-electron chi connectivity index (χ3n) is 2.04. The van der Waals surface area contributed by atoms with Crippen molar-refractivity contribution in [3.63, 3.8) is 0 Å². The van der Waals surface area contributed by atoms with Gasteiger partial charge in [0.15, 0.2) is 0 Å². The van der Waals surface area contributed by atoms with E-state index in [1.165, 1.54) is 0 Å². The molecule has 0 spiro atoms. The molecule has 7 heteroatoms. The van der Waals surface area contributed by atoms with E-state index < -0.39 is 5.97 Å². The lowest BCUT2D eigenvalue weighted by atomic mass is 10.2. The van der Waals surface area contributed by atoms with Gasteiger partial charge in [-0.05, 0) is 30.3 Å². The maximum Gasteiger partial charge on any atom is 0.379 e. The predicted octanol–water partition coefficient (Wildman–Crippen LogP) is 3.22. The van der Waals surface area contributed by atoms with E-state index in [0.29, 0.717) is 15.6 Å². The smallest absolute Gasteiger partial charge is 0.379 e. The Kier molecular flexibility index (Phi) is 3.84. The highest BCUT2D eigenvalue weighted by Crippen LogP contribution is 2.29. The van der Waals surface area contributed by atoms with Crippen molar-refractivity contribution in [3.05, 3.63) is 34.1 Å². The van der Waals surface area contributed by atoms with Gasteiger partial charge in [-0.1, -0.05) is 23.2 Å². The number of carbonyl (C=O) groups is 1. The van der Waals surface area contributed by atoms with Crippen molar-refractivity contribution in [1.29, 1.82) is 0 Å². The molecule has 94 valence electrons. The summed E-state index contributed by atoms with van der Waals surface area (Å²) in [5, 5.41) is 4.40. The van der Waals surface area contributed by atoms with Crippen LogP contribution in [-0.4, -0.2) is 22.7 Å². The molecule has 2 rings (SSSR count). The average Bonchev–Trinajstić information content (AvgIpc) is 2.82. The second kappa shape index (κ2) is 5.37. The Morgan fingerprint density at radius 3 is 2.94 bits per heavy atom. The van der Waals surface area contributed by atoms with Crippen LogP contribution in [0.4, 0.5) is 0 Å². The number of aromatic nitrogens is 2. The van der Waals surface area contributed by atoms with E-state index in [1.807, 2.05) is 0 Å². The van der Waals surface area contributed by atoms with Crippen molar-refractivity contribution in [2.45, 2.75) is 6.92 Å². The third-order valence-corrected chi connectivity index (χ3v) is 2.61. The molecule has 18 heavy (non-hydrogen) atoms. The molecule has 5 nitrogen and oxygen atoms in total. The quantitative estimate of drug-likeness (QED) is 0.811. The van der Waals surface area contributed by atoms with E-state index in [2.05, 4.69) is 10.1 Å². The highest BCUT2D eigenvalue weighted by Gasteiger charge is 2.18. The highest BCUT2D eigenvalue weighted by molar-refractivity contribution is 6.35. The van der Waals surface area contributed by atoms with Gasteiger partial charge in [0.25, 0.3) is 11.7 Å². The summed E-state index contributed by atoms with van der Waals surface area (Å²) in [6, 6.07) is 4.82. The van der Waals surface area contributed by atoms with Gasteiger partial charge >= 0.3 is 5.97 Å². The van der Waals surface area contributed by atoms with Gasteiger partial charge in [0, 0.05) is 5.02 Å². The summed E-state index contributed by atoms with van der Waals surface area (Å²) in [6.07, 6.45) is 0. The van der Waals surface area contributed by atoms with Crippen LogP contribution in [0.3, 0.4) is 0 Å². The topological polar surface area (TPSA) is 65.2 Å². The lowest BCUT2D eigenvalue weighted by Gasteiger charge is -1.98. The van der Waals surface area contributed by atoms with Crippen LogP contribution < -0.4 is 0 Å². The normalized spacial score (nSPS) is 10.4. The second-order valence-electron chi connectivity index (χ2n) is 3.27. The average molecular weight is 287 g/mol. The van der Waals surface area contributed by atoms with Gasteiger partial charge in [-0.3, -0.25) is 0 Å². The van der Waals surface area contributed by atoms with Crippen LogP contribution >= 0.6 is 23.2 Å². The van der Waals surface area contributed by atoms with E-state index >= 15 is 0 Å². The summed E-state index contributed by atoms with van der Waals surface area (Å²) >= 11 is 11.8. The Labute approximate surface area is 113 Å². The lowest BCUT2D eigenvalue weighted by molar-refractivity contribution is 0.0508. The summed E-state index contributed by atoms with van der Waals surface area (Å²) in [6.45, 7) is 1.92. The minimum atomic E-state index is -0.648. The number of carbonyl (C=O) groups excluding carboxylic acids is 1. The Bertz CT molecular complexity index is 583. The Morgan fingerprint density at radius 2 is 2.22 bits per heavy atom. The maximum absolute atomic E-state index is 11.4. The van der Waals surface area contributed by atoms with Gasteiger partial charge in [-0.15, -0.1) is 0 Å². The molecular formula is C11H8Cl2N2O3. The molecule has 0 unspecified atom stereocenters. The Hall–Kier alpha value is -1.59. The molecule has 0 radical (unpaired) electrons. The number of esters is 1. The fraction of sp³-hybridized carbons (Fsp3) is 0.182. The fourth-order valence-corrected chi connectivity index (χ4v) is 1.64. The van der Waals surface area contributed by atoms with Crippen LogP contribution in [0.25, 0.3) is 11.5 Å². The van der Waals surface area contributed by atoms with Gasteiger partial charge in [0.2, 0.25) is 0 Å². The SMILES string of the molecule is CCOC(=O)c1noc(-c2cc(Cl)ccc2Cl)n1. The summed E-state index contributed by atoms with van der Waals surface area (Å²) in [5.74, 6) is -0.681. The number of halogens is 2. The zero-order valence-corrected chi connectivity index (χ0v) is 10.8. The molecule has 1 aromatic heterocycles. The molecule has 0 amide bonds. The largest absolute Gasteiger partial charge is 0.460 e. The maximum atomic E-state index is 11.4. The number of rotatable bonds is 3. The molecule has 0 saturated heterocycles. The lowest BCUT2D eigenvalue weighted by Crippen LogP contribution is -2.06. The molecule has 1 heterocycles. The molecule has 0 aliphatic heterocycles. The number of hydrogen-bond acceptors (Lipinski definition) is 5. The summed E-state index contributed by atoms with van der Waals surface area (Å²) < 4.78 is 9.70. The molecule has 0 N–H and O–H groups in total. The van der Waals surface area contributed by atoms with Crippen molar-refractivity contribution >= 4 is 29.2 Å². The van der Waals surface area contributed by atoms with Gasteiger partial charge in [-0.25, -0.2) is 4.79 Å². The minimum Gasteiger partial charge on any atom is -0.460 e. The molecule has 0 bridgehead atoms. The van der Waals surface area contributed by atoms with Gasteiger partial charge in [0.05, 0.1) is 17.2 Å². The third kappa shape index (κ3) is 2.63. The summed E-state index contributed by atoms with van der Waals surface area (Å²) in [4.78, 5) is 15.3. The van der Waals surface area contributed by atoms with E-state index in [-0.39, 0.29) is 18.3 Å². The standard InChI is InChI=1S/C11H8Cl2N2O3/c1-2-17-11(16)9-14-10(18-15-9)7-5-6(12)3-4-8(7)13/h3-5H,2H2,1H3. The van der Waals surface area contributed by atoms with Gasteiger partial charge in [0.1, 0.15) is 0 Å². The van der Waals surface area contributed by atoms with Crippen molar-refractivity contribution in [1.82, 2.24) is 10.1 Å². The zero-order valence-electron chi connectivity index (χ0n) is 9.31. The predicted molar refractivity (Wildman–Crippen MR) is 65.7 cm³/mol. The van der Waals surface area contributed by atoms with Crippen LogP contribution in [0.15, 0.2) is 22.7 Å². The summed E-state index contributed by atoms with van der Waals surface area (Å²) in [7, 11) is 0. The number of benzene rings is 1. The van der Waals surface area contributed by atoms with Gasteiger partial charge in [-0.2, -0.15) is 4.98 Å². The molecular weight excluding hydrogens is 279 g/mol. The first-order chi connectivity index (χ1) is 8.61. The van der Waals surface area contributed by atoms with Crippen molar-refractivity contribution in [3.8, 4) is 11.5 Å². The van der Waals surface area contributed by atoms with Crippen LogP contribution in [0.5, 0.6) is 0 Å². The molecule has 0 saturated carbocycles. The first kappa shape index (κ1) is 12.9. The zero-order chi connectivity index (χ0) is 13.1. The van der Waals surface area contributed by atoms with Crippen molar-refractivity contribution < 1.29 is 14.1 Å². The van der Waals surface area contributed by atoms with E-state index in [0.717, 1.165) is 0 Å². The first-order valence-corrected chi connectivity index (χ1v) is 5.83. The molecule has 0 aliphatic rings. The second-order valence-corrected chi connectivity index (χ2v) is 4.11. The monoisotopic (exact) mass is 286 g/mol. The molecule has 0 atom stereocenters. The Morgan fingerprint density at radius 1 is 1.44 bits per heavy atom. The molecule has 0 fully saturated rings. The molecule has 0 aliphatic carbocycles. The Balaban J connectivity index is 2.35. The fourth-order valence-electron chi connectivity index (χ4n) is 1.27. The van der Waals surface area contributed by atoms with Crippen molar-refractivity contribution in [2.24, 2.45) is 0 Å². The van der Waals surface area contributed by atoms with E-state index in [1.54, 1.807) is 25.1 Å². The number of hydrogen-bond donors (Lipinski definition) is 0. The van der Waals surface area contributed by atoms with Gasteiger partial charge < -0.3 is 9.26 Å².